The number of carbonyl (C=O) groups is 3. The molecule has 5 nitrogen and oxygen atoms in total. The number of esters is 1. The van der Waals surface area contributed by atoms with Crippen LogP contribution >= 0.6 is 0 Å². The number of carbonyl (C=O) groups excluding carboxylic acids is 3. The SMILES string of the molecule is CCCCOC(=O)C(C)NC(=O)CCCC=O. The second-order valence-corrected chi connectivity index (χ2v) is 3.87. The molecule has 0 aromatic carbocycles. The summed E-state index contributed by atoms with van der Waals surface area (Å²) in [5.41, 5.74) is 0. The summed E-state index contributed by atoms with van der Waals surface area (Å²) in [6, 6.07) is -0.629. The van der Waals surface area contributed by atoms with Gasteiger partial charge in [0.25, 0.3) is 0 Å². The first-order valence-corrected chi connectivity index (χ1v) is 6.01. The van der Waals surface area contributed by atoms with Crippen LogP contribution in [0.1, 0.15) is 46.0 Å². The molecule has 0 bridgehead atoms. The molecular formula is C12H21NO4. The van der Waals surface area contributed by atoms with Gasteiger partial charge in [0, 0.05) is 12.8 Å². The molecular weight excluding hydrogens is 222 g/mol. The van der Waals surface area contributed by atoms with E-state index in [2.05, 4.69) is 5.32 Å². The molecule has 1 atom stereocenters. The summed E-state index contributed by atoms with van der Waals surface area (Å²) in [4.78, 5) is 32.8. The van der Waals surface area contributed by atoms with Crippen molar-refractivity contribution in [2.24, 2.45) is 0 Å². The number of rotatable bonds is 9. The van der Waals surface area contributed by atoms with E-state index in [-0.39, 0.29) is 12.3 Å². The normalized spacial score (nSPS) is 11.6. The lowest BCUT2D eigenvalue weighted by Crippen LogP contribution is -2.39. The number of aldehydes is 1. The Bertz CT molecular complexity index is 253. The maximum atomic E-state index is 11.4. The minimum absolute atomic E-state index is 0.230. The Morgan fingerprint density at radius 1 is 1.35 bits per heavy atom. The van der Waals surface area contributed by atoms with E-state index < -0.39 is 12.0 Å². The molecule has 0 aromatic heterocycles. The zero-order chi connectivity index (χ0) is 13.1. The van der Waals surface area contributed by atoms with Crippen LogP contribution in [0.3, 0.4) is 0 Å². The van der Waals surface area contributed by atoms with Gasteiger partial charge >= 0.3 is 5.97 Å². The van der Waals surface area contributed by atoms with Gasteiger partial charge in [-0.15, -0.1) is 0 Å². The lowest BCUT2D eigenvalue weighted by atomic mass is 10.2. The molecule has 0 aliphatic rings. The lowest BCUT2D eigenvalue weighted by molar-refractivity contribution is -0.147. The van der Waals surface area contributed by atoms with Crippen molar-refractivity contribution in [1.29, 1.82) is 0 Å². The molecule has 0 saturated carbocycles. The maximum Gasteiger partial charge on any atom is 0.328 e. The van der Waals surface area contributed by atoms with Crippen LogP contribution in [0.2, 0.25) is 0 Å². The van der Waals surface area contributed by atoms with Crippen LogP contribution in [0.15, 0.2) is 0 Å². The molecule has 0 rings (SSSR count). The number of amides is 1. The molecule has 17 heavy (non-hydrogen) atoms. The first kappa shape index (κ1) is 15.6. The quantitative estimate of drug-likeness (QED) is 0.375. The van der Waals surface area contributed by atoms with Gasteiger partial charge in [0.05, 0.1) is 6.61 Å². The number of nitrogens with one attached hydrogen (secondary N) is 1. The van der Waals surface area contributed by atoms with Gasteiger partial charge in [-0.05, 0) is 19.8 Å². The predicted molar refractivity (Wildman–Crippen MR) is 63.4 cm³/mol. The van der Waals surface area contributed by atoms with E-state index >= 15 is 0 Å². The van der Waals surface area contributed by atoms with Crippen molar-refractivity contribution in [3.05, 3.63) is 0 Å². The minimum atomic E-state index is -0.629. The summed E-state index contributed by atoms with van der Waals surface area (Å²) in [5, 5.41) is 2.54. The van der Waals surface area contributed by atoms with E-state index in [0.717, 1.165) is 19.1 Å². The highest BCUT2D eigenvalue weighted by molar-refractivity contribution is 5.84. The fourth-order valence-electron chi connectivity index (χ4n) is 1.16. The van der Waals surface area contributed by atoms with E-state index in [0.29, 0.717) is 19.4 Å². The van der Waals surface area contributed by atoms with Crippen molar-refractivity contribution >= 4 is 18.2 Å². The van der Waals surface area contributed by atoms with E-state index in [1.54, 1.807) is 6.92 Å². The summed E-state index contributed by atoms with van der Waals surface area (Å²) >= 11 is 0. The molecule has 0 aliphatic carbocycles. The molecule has 0 fully saturated rings. The third-order valence-electron chi connectivity index (χ3n) is 2.20. The first-order chi connectivity index (χ1) is 8.11. The molecule has 0 aromatic rings. The zero-order valence-corrected chi connectivity index (χ0v) is 10.5. The molecule has 1 amide bonds. The van der Waals surface area contributed by atoms with Crippen LogP contribution in [-0.4, -0.2) is 30.8 Å². The Hall–Kier alpha value is -1.39. The van der Waals surface area contributed by atoms with Gasteiger partial charge in [0.2, 0.25) is 5.91 Å². The Labute approximate surface area is 102 Å². The molecule has 0 radical (unpaired) electrons. The lowest BCUT2D eigenvalue weighted by Gasteiger charge is -2.12. The molecule has 0 aliphatic heterocycles. The summed E-state index contributed by atoms with van der Waals surface area (Å²) in [6.07, 6.45) is 3.68. The third kappa shape index (κ3) is 8.42. The second kappa shape index (κ2) is 9.81. The van der Waals surface area contributed by atoms with Crippen LogP contribution in [0.5, 0.6) is 0 Å². The number of hydrogen-bond donors (Lipinski definition) is 1. The van der Waals surface area contributed by atoms with Crippen molar-refractivity contribution in [1.82, 2.24) is 5.32 Å². The van der Waals surface area contributed by atoms with Crippen molar-refractivity contribution in [3.8, 4) is 0 Å². The summed E-state index contributed by atoms with van der Waals surface area (Å²) in [5.74, 6) is -0.644. The van der Waals surface area contributed by atoms with Gasteiger partial charge in [0.15, 0.2) is 0 Å². The fraction of sp³-hybridized carbons (Fsp3) is 0.750. The van der Waals surface area contributed by atoms with Gasteiger partial charge in [0.1, 0.15) is 12.3 Å². The standard InChI is InChI=1S/C12H21NO4/c1-3-4-9-17-12(16)10(2)13-11(15)7-5-6-8-14/h8,10H,3-7,9H2,1-2H3,(H,13,15). The largest absolute Gasteiger partial charge is 0.464 e. The minimum Gasteiger partial charge on any atom is -0.464 e. The van der Waals surface area contributed by atoms with Crippen molar-refractivity contribution < 1.29 is 19.1 Å². The van der Waals surface area contributed by atoms with Crippen LogP contribution in [0.25, 0.3) is 0 Å². The fourth-order valence-corrected chi connectivity index (χ4v) is 1.16. The van der Waals surface area contributed by atoms with Crippen LogP contribution < -0.4 is 5.32 Å². The summed E-state index contributed by atoms with van der Waals surface area (Å²) in [6.45, 7) is 3.98. The van der Waals surface area contributed by atoms with E-state index in [1.807, 2.05) is 6.92 Å². The average Bonchev–Trinajstić information content (AvgIpc) is 2.29. The first-order valence-electron chi connectivity index (χ1n) is 6.01. The highest BCUT2D eigenvalue weighted by atomic mass is 16.5. The summed E-state index contributed by atoms with van der Waals surface area (Å²) in [7, 11) is 0. The van der Waals surface area contributed by atoms with Gasteiger partial charge in [-0.1, -0.05) is 13.3 Å². The van der Waals surface area contributed by atoms with Gasteiger partial charge in [-0.3, -0.25) is 4.79 Å². The zero-order valence-electron chi connectivity index (χ0n) is 10.5. The molecule has 0 heterocycles. The van der Waals surface area contributed by atoms with Gasteiger partial charge < -0.3 is 14.8 Å². The predicted octanol–water partition coefficient (Wildman–Crippen LogP) is 1.20. The Balaban J connectivity index is 3.74. The molecule has 5 heteroatoms. The average molecular weight is 243 g/mol. The number of hydrogen-bond acceptors (Lipinski definition) is 4. The second-order valence-electron chi connectivity index (χ2n) is 3.87. The Morgan fingerprint density at radius 2 is 2.06 bits per heavy atom. The van der Waals surface area contributed by atoms with E-state index in [9.17, 15) is 14.4 Å². The molecule has 0 spiro atoms. The monoisotopic (exact) mass is 243 g/mol. The van der Waals surface area contributed by atoms with E-state index in [4.69, 9.17) is 4.74 Å². The van der Waals surface area contributed by atoms with E-state index in [1.165, 1.54) is 0 Å². The topological polar surface area (TPSA) is 72.5 Å². The summed E-state index contributed by atoms with van der Waals surface area (Å²) < 4.78 is 4.96. The molecule has 1 unspecified atom stereocenters. The van der Waals surface area contributed by atoms with Crippen LogP contribution in [0.4, 0.5) is 0 Å². The van der Waals surface area contributed by atoms with Crippen LogP contribution in [-0.2, 0) is 19.1 Å². The molecule has 98 valence electrons. The maximum absolute atomic E-state index is 11.4. The molecule has 1 N–H and O–H groups in total. The van der Waals surface area contributed by atoms with Crippen molar-refractivity contribution in [2.45, 2.75) is 52.0 Å². The smallest absolute Gasteiger partial charge is 0.328 e. The van der Waals surface area contributed by atoms with Crippen molar-refractivity contribution in [2.75, 3.05) is 6.61 Å². The number of ether oxygens (including phenoxy) is 1. The highest BCUT2D eigenvalue weighted by Gasteiger charge is 2.16. The highest BCUT2D eigenvalue weighted by Crippen LogP contribution is 1.96. The Morgan fingerprint density at radius 3 is 2.65 bits per heavy atom. The molecule has 0 saturated heterocycles. The number of unbranched alkanes of at least 4 members (excludes halogenated alkanes) is 2. The van der Waals surface area contributed by atoms with Gasteiger partial charge in [-0.2, -0.15) is 0 Å². The van der Waals surface area contributed by atoms with Crippen molar-refractivity contribution in [3.63, 3.8) is 0 Å². The Kier molecular flexibility index (Phi) is 9.01. The van der Waals surface area contributed by atoms with Crippen LogP contribution in [0, 0.1) is 0 Å². The van der Waals surface area contributed by atoms with Gasteiger partial charge in [-0.25, -0.2) is 4.79 Å². The third-order valence-corrected chi connectivity index (χ3v) is 2.20.